The summed E-state index contributed by atoms with van der Waals surface area (Å²) in [4.78, 5) is 2.25. The molecule has 0 fully saturated rings. The van der Waals surface area contributed by atoms with Gasteiger partial charge in [0, 0.05) is 16.4 Å². The molecule has 0 aromatic heterocycles. The van der Waals surface area contributed by atoms with Gasteiger partial charge in [-0.25, -0.2) is 0 Å². The van der Waals surface area contributed by atoms with E-state index >= 15 is 0 Å². The Morgan fingerprint density at radius 2 is 2.00 bits per heavy atom. The van der Waals surface area contributed by atoms with Crippen molar-refractivity contribution in [1.82, 2.24) is 4.90 Å². The molecule has 18 heavy (non-hydrogen) atoms. The average Bonchev–Trinajstić information content (AvgIpc) is 2.29. The minimum absolute atomic E-state index is 0.220. The topological polar surface area (TPSA) is 53.1 Å². The Balaban J connectivity index is 2.50. The number of hydrogen-bond acceptors (Lipinski definition) is 2. The van der Waals surface area contributed by atoms with E-state index in [-0.39, 0.29) is 11.3 Å². The Labute approximate surface area is 118 Å². The van der Waals surface area contributed by atoms with Gasteiger partial charge < -0.3 is 10.6 Å². The SMILES string of the molecule is CN(CCC(C)(C)C(=N)N)Cc1ccccc1Br. The van der Waals surface area contributed by atoms with Gasteiger partial charge in [0.2, 0.25) is 0 Å². The molecule has 0 saturated heterocycles. The van der Waals surface area contributed by atoms with Crippen LogP contribution in [0.1, 0.15) is 25.8 Å². The molecule has 0 radical (unpaired) electrons. The molecule has 1 aromatic carbocycles. The lowest BCUT2D eigenvalue weighted by atomic mass is 9.88. The number of rotatable bonds is 6. The maximum atomic E-state index is 7.55. The van der Waals surface area contributed by atoms with Crippen LogP contribution in [0.25, 0.3) is 0 Å². The summed E-state index contributed by atoms with van der Waals surface area (Å²) in [6.45, 7) is 5.85. The maximum absolute atomic E-state index is 7.55. The van der Waals surface area contributed by atoms with Crippen LogP contribution in [0.5, 0.6) is 0 Å². The van der Waals surface area contributed by atoms with Crippen LogP contribution in [0.15, 0.2) is 28.7 Å². The van der Waals surface area contributed by atoms with Crippen molar-refractivity contribution < 1.29 is 0 Å². The molecule has 3 N–H and O–H groups in total. The summed E-state index contributed by atoms with van der Waals surface area (Å²) < 4.78 is 1.14. The number of nitrogens with zero attached hydrogens (tertiary/aromatic N) is 1. The molecule has 100 valence electrons. The van der Waals surface area contributed by atoms with Gasteiger partial charge in [-0.15, -0.1) is 0 Å². The molecule has 1 aromatic rings. The number of benzene rings is 1. The second-order valence-electron chi connectivity index (χ2n) is 5.38. The van der Waals surface area contributed by atoms with Crippen molar-refractivity contribution in [3.05, 3.63) is 34.3 Å². The highest BCUT2D eigenvalue weighted by atomic mass is 79.9. The second-order valence-corrected chi connectivity index (χ2v) is 6.23. The summed E-state index contributed by atoms with van der Waals surface area (Å²) in [5, 5.41) is 7.55. The highest BCUT2D eigenvalue weighted by Gasteiger charge is 2.21. The molecule has 4 heteroatoms. The Hall–Kier alpha value is -0.870. The highest BCUT2D eigenvalue weighted by molar-refractivity contribution is 9.10. The van der Waals surface area contributed by atoms with E-state index in [1.165, 1.54) is 5.56 Å². The van der Waals surface area contributed by atoms with E-state index in [9.17, 15) is 0 Å². The van der Waals surface area contributed by atoms with Crippen LogP contribution >= 0.6 is 15.9 Å². The van der Waals surface area contributed by atoms with Gasteiger partial charge in [0.05, 0.1) is 5.84 Å². The van der Waals surface area contributed by atoms with Crippen molar-refractivity contribution in [1.29, 1.82) is 5.41 Å². The molecule has 0 aliphatic carbocycles. The summed E-state index contributed by atoms with van der Waals surface area (Å²) in [7, 11) is 2.09. The predicted octanol–water partition coefficient (Wildman–Crippen LogP) is 3.23. The number of nitrogens with two attached hydrogens (primary N) is 1. The van der Waals surface area contributed by atoms with E-state index in [0.717, 1.165) is 24.0 Å². The van der Waals surface area contributed by atoms with Crippen LogP contribution in [0.2, 0.25) is 0 Å². The molecule has 1 rings (SSSR count). The van der Waals surface area contributed by atoms with Gasteiger partial charge in [0.1, 0.15) is 0 Å². The van der Waals surface area contributed by atoms with Crippen LogP contribution in [0.3, 0.4) is 0 Å². The zero-order valence-electron chi connectivity index (χ0n) is 11.3. The molecular weight excluding hydrogens is 290 g/mol. The standard InChI is InChI=1S/C14H22BrN3/c1-14(2,13(16)17)8-9-18(3)10-11-6-4-5-7-12(11)15/h4-7H,8-10H2,1-3H3,(H3,16,17). The van der Waals surface area contributed by atoms with Gasteiger partial charge in [-0.1, -0.05) is 48.0 Å². The van der Waals surface area contributed by atoms with E-state index < -0.39 is 0 Å². The fraction of sp³-hybridized carbons (Fsp3) is 0.500. The molecule has 0 spiro atoms. The van der Waals surface area contributed by atoms with E-state index in [1.54, 1.807) is 0 Å². The zero-order chi connectivity index (χ0) is 13.8. The molecule has 3 nitrogen and oxygen atoms in total. The first-order chi connectivity index (χ1) is 8.33. The van der Waals surface area contributed by atoms with Crippen LogP contribution in [0, 0.1) is 10.8 Å². The molecule has 0 aliphatic heterocycles. The minimum Gasteiger partial charge on any atom is -0.387 e. The summed E-state index contributed by atoms with van der Waals surface area (Å²) in [5.41, 5.74) is 6.65. The van der Waals surface area contributed by atoms with Gasteiger partial charge in [0.25, 0.3) is 0 Å². The number of amidine groups is 1. The smallest absolute Gasteiger partial charge is 0.0963 e. The normalized spacial score (nSPS) is 11.8. The molecule has 0 unspecified atom stereocenters. The molecule has 0 atom stereocenters. The second kappa shape index (κ2) is 6.34. The van der Waals surface area contributed by atoms with Crippen LogP contribution in [-0.2, 0) is 6.54 Å². The first-order valence-electron chi connectivity index (χ1n) is 6.09. The predicted molar refractivity (Wildman–Crippen MR) is 80.8 cm³/mol. The lowest BCUT2D eigenvalue weighted by molar-refractivity contribution is 0.284. The van der Waals surface area contributed by atoms with Gasteiger partial charge in [-0.05, 0) is 31.6 Å². The summed E-state index contributed by atoms with van der Waals surface area (Å²) in [5.74, 6) is 0.261. The Kier molecular flexibility index (Phi) is 5.35. The quantitative estimate of drug-likeness (QED) is 0.626. The summed E-state index contributed by atoms with van der Waals surface area (Å²) in [6, 6.07) is 8.25. The van der Waals surface area contributed by atoms with Crippen molar-refractivity contribution in [2.75, 3.05) is 13.6 Å². The first kappa shape index (κ1) is 15.2. The highest BCUT2D eigenvalue weighted by Crippen LogP contribution is 2.21. The van der Waals surface area contributed by atoms with Gasteiger partial charge in [-0.2, -0.15) is 0 Å². The van der Waals surface area contributed by atoms with Crippen molar-refractivity contribution in [2.45, 2.75) is 26.8 Å². The van der Waals surface area contributed by atoms with Gasteiger partial charge >= 0.3 is 0 Å². The van der Waals surface area contributed by atoms with Crippen molar-refractivity contribution in [3.63, 3.8) is 0 Å². The number of nitrogens with one attached hydrogen (secondary N) is 1. The number of halogens is 1. The van der Waals surface area contributed by atoms with E-state index in [4.69, 9.17) is 11.1 Å². The molecular formula is C14H22BrN3. The fourth-order valence-corrected chi connectivity index (χ4v) is 2.01. The Morgan fingerprint density at radius 3 is 2.56 bits per heavy atom. The third kappa shape index (κ3) is 4.42. The van der Waals surface area contributed by atoms with E-state index in [2.05, 4.69) is 40.0 Å². The van der Waals surface area contributed by atoms with Crippen molar-refractivity contribution >= 4 is 21.8 Å². The fourth-order valence-electron chi connectivity index (χ4n) is 1.60. The third-order valence-corrected chi connectivity index (χ3v) is 4.02. The summed E-state index contributed by atoms with van der Waals surface area (Å²) in [6.07, 6.45) is 0.892. The average molecular weight is 312 g/mol. The maximum Gasteiger partial charge on any atom is 0.0963 e. The van der Waals surface area contributed by atoms with Crippen LogP contribution in [0.4, 0.5) is 0 Å². The molecule has 0 heterocycles. The van der Waals surface area contributed by atoms with E-state index in [1.807, 2.05) is 26.0 Å². The Morgan fingerprint density at radius 1 is 1.39 bits per heavy atom. The lowest BCUT2D eigenvalue weighted by Crippen LogP contribution is -2.34. The first-order valence-corrected chi connectivity index (χ1v) is 6.88. The largest absolute Gasteiger partial charge is 0.387 e. The molecule has 0 saturated carbocycles. The molecule has 0 bridgehead atoms. The van der Waals surface area contributed by atoms with Crippen LogP contribution in [-0.4, -0.2) is 24.3 Å². The van der Waals surface area contributed by atoms with Crippen LogP contribution < -0.4 is 5.73 Å². The van der Waals surface area contributed by atoms with Gasteiger partial charge in [0.15, 0.2) is 0 Å². The molecule has 0 aliphatic rings. The van der Waals surface area contributed by atoms with E-state index in [0.29, 0.717) is 0 Å². The zero-order valence-corrected chi connectivity index (χ0v) is 12.9. The lowest BCUT2D eigenvalue weighted by Gasteiger charge is -2.26. The van der Waals surface area contributed by atoms with Gasteiger partial charge in [-0.3, -0.25) is 5.41 Å². The minimum atomic E-state index is -0.220. The summed E-state index contributed by atoms with van der Waals surface area (Å²) >= 11 is 3.56. The third-order valence-electron chi connectivity index (χ3n) is 3.25. The monoisotopic (exact) mass is 311 g/mol. The van der Waals surface area contributed by atoms with Crippen molar-refractivity contribution in [3.8, 4) is 0 Å². The van der Waals surface area contributed by atoms with Crippen molar-refractivity contribution in [2.24, 2.45) is 11.1 Å². The Bertz CT molecular complexity index is 415. The number of hydrogen-bond donors (Lipinski definition) is 2. The molecule has 0 amide bonds.